The molecule has 2 amide bonds. The van der Waals surface area contributed by atoms with E-state index in [1.807, 2.05) is 12.1 Å². The Morgan fingerprint density at radius 1 is 1.17 bits per heavy atom. The summed E-state index contributed by atoms with van der Waals surface area (Å²) in [5, 5.41) is 7.31. The summed E-state index contributed by atoms with van der Waals surface area (Å²) in [6, 6.07) is 7.73. The molecule has 7 heteroatoms. The van der Waals surface area contributed by atoms with Gasteiger partial charge < -0.3 is 10.1 Å². The third-order valence-electron chi connectivity index (χ3n) is 5.40. The lowest BCUT2D eigenvalue weighted by Crippen LogP contribution is -2.15. The van der Waals surface area contributed by atoms with E-state index >= 15 is 0 Å². The summed E-state index contributed by atoms with van der Waals surface area (Å²) in [7, 11) is 0. The number of anilines is 1. The molecular formula is C22H21N5O2. The Balaban J connectivity index is 1.43. The quantitative estimate of drug-likeness (QED) is 0.692. The number of amides is 2. The largest absolute Gasteiger partial charge is 0.477 e. The topological polar surface area (TPSA) is 81.4 Å². The monoisotopic (exact) mass is 387 g/mol. The molecule has 3 aromatic rings. The van der Waals surface area contributed by atoms with Crippen molar-refractivity contribution in [3.8, 4) is 17.0 Å². The van der Waals surface area contributed by atoms with Crippen LogP contribution in [0.2, 0.25) is 0 Å². The molecule has 2 aromatic heterocycles. The summed E-state index contributed by atoms with van der Waals surface area (Å²) in [6.45, 7) is 1.48. The molecule has 1 aromatic carbocycles. The fourth-order valence-electron chi connectivity index (χ4n) is 4.03. The Bertz CT molecular complexity index is 1090. The predicted molar refractivity (Wildman–Crippen MR) is 111 cm³/mol. The van der Waals surface area contributed by atoms with Crippen LogP contribution in [0.1, 0.15) is 29.5 Å². The predicted octanol–water partition coefficient (Wildman–Crippen LogP) is 3.87. The van der Waals surface area contributed by atoms with Gasteiger partial charge in [-0.15, -0.1) is 0 Å². The summed E-state index contributed by atoms with van der Waals surface area (Å²) in [5.41, 5.74) is 6.07. The van der Waals surface area contributed by atoms with Crippen LogP contribution < -0.4 is 10.1 Å². The third kappa shape index (κ3) is 3.40. The van der Waals surface area contributed by atoms with Gasteiger partial charge in [0.25, 0.3) is 0 Å². The SMILES string of the molecule is O=C(N=Cc1cnn2c1OCCC2)Nc1c(-c2ccncc2)ccc2c1CCC2. The van der Waals surface area contributed by atoms with E-state index in [0.29, 0.717) is 18.1 Å². The van der Waals surface area contributed by atoms with Crippen molar-refractivity contribution in [3.05, 3.63) is 59.5 Å². The van der Waals surface area contributed by atoms with Gasteiger partial charge in [0.1, 0.15) is 0 Å². The van der Waals surface area contributed by atoms with E-state index in [4.69, 9.17) is 4.74 Å². The van der Waals surface area contributed by atoms with Gasteiger partial charge in [0.05, 0.1) is 24.1 Å². The molecule has 0 saturated carbocycles. The first-order valence-corrected chi connectivity index (χ1v) is 9.88. The van der Waals surface area contributed by atoms with Gasteiger partial charge in [-0.2, -0.15) is 5.10 Å². The molecule has 3 heterocycles. The van der Waals surface area contributed by atoms with Gasteiger partial charge in [-0.3, -0.25) is 4.98 Å². The number of aromatic nitrogens is 3. The Hall–Kier alpha value is -3.48. The fraction of sp³-hybridized carbons (Fsp3) is 0.273. The van der Waals surface area contributed by atoms with E-state index in [2.05, 4.69) is 32.5 Å². The number of urea groups is 1. The van der Waals surface area contributed by atoms with Gasteiger partial charge in [0.2, 0.25) is 5.88 Å². The maximum atomic E-state index is 12.7. The number of nitrogens with one attached hydrogen (secondary N) is 1. The summed E-state index contributed by atoms with van der Waals surface area (Å²) in [5.74, 6) is 0.672. The molecule has 1 aliphatic carbocycles. The van der Waals surface area contributed by atoms with Crippen LogP contribution in [0.4, 0.5) is 10.5 Å². The first-order chi connectivity index (χ1) is 14.3. The lowest BCUT2D eigenvalue weighted by molar-refractivity contribution is 0.230. The maximum Gasteiger partial charge on any atom is 0.345 e. The minimum atomic E-state index is -0.406. The maximum absolute atomic E-state index is 12.7. The van der Waals surface area contributed by atoms with Crippen molar-refractivity contribution >= 4 is 17.9 Å². The summed E-state index contributed by atoms with van der Waals surface area (Å²) in [6.07, 6.45) is 10.7. The normalized spacial score (nSPS) is 15.0. The molecule has 0 atom stereocenters. The van der Waals surface area contributed by atoms with Gasteiger partial charge >= 0.3 is 6.03 Å². The summed E-state index contributed by atoms with van der Waals surface area (Å²) < 4.78 is 7.45. The molecule has 1 aliphatic heterocycles. The third-order valence-corrected chi connectivity index (χ3v) is 5.40. The number of nitrogens with zero attached hydrogens (tertiary/aromatic N) is 4. The number of rotatable bonds is 3. The lowest BCUT2D eigenvalue weighted by atomic mass is 9.98. The van der Waals surface area contributed by atoms with Crippen LogP contribution in [0.3, 0.4) is 0 Å². The van der Waals surface area contributed by atoms with Crippen LogP contribution in [0.25, 0.3) is 11.1 Å². The molecule has 5 rings (SSSR count). The molecule has 0 saturated heterocycles. The van der Waals surface area contributed by atoms with Crippen LogP contribution in [-0.2, 0) is 19.4 Å². The molecule has 146 valence electrons. The van der Waals surface area contributed by atoms with Crippen molar-refractivity contribution in [2.75, 3.05) is 11.9 Å². The van der Waals surface area contributed by atoms with Crippen molar-refractivity contribution in [1.29, 1.82) is 0 Å². The van der Waals surface area contributed by atoms with Crippen molar-refractivity contribution in [1.82, 2.24) is 14.8 Å². The highest BCUT2D eigenvalue weighted by Crippen LogP contribution is 2.37. The Kier molecular flexibility index (Phi) is 4.56. The molecule has 0 radical (unpaired) electrons. The zero-order chi connectivity index (χ0) is 19.6. The van der Waals surface area contributed by atoms with Gasteiger partial charge in [-0.1, -0.05) is 12.1 Å². The minimum Gasteiger partial charge on any atom is -0.477 e. The van der Waals surface area contributed by atoms with Crippen LogP contribution >= 0.6 is 0 Å². The first-order valence-electron chi connectivity index (χ1n) is 9.88. The molecule has 0 fully saturated rings. The van der Waals surface area contributed by atoms with E-state index in [1.165, 1.54) is 17.3 Å². The highest BCUT2D eigenvalue weighted by Gasteiger charge is 2.20. The van der Waals surface area contributed by atoms with Gasteiger partial charge in [0.15, 0.2) is 0 Å². The number of aryl methyl sites for hydroxylation is 2. The van der Waals surface area contributed by atoms with Gasteiger partial charge in [-0.25, -0.2) is 14.5 Å². The highest BCUT2D eigenvalue weighted by atomic mass is 16.5. The summed E-state index contributed by atoms with van der Waals surface area (Å²) >= 11 is 0. The molecule has 1 N–H and O–H groups in total. The minimum absolute atomic E-state index is 0.406. The molecule has 2 aliphatic rings. The van der Waals surface area contributed by atoms with Gasteiger partial charge in [-0.05, 0) is 48.1 Å². The Morgan fingerprint density at radius 2 is 2.07 bits per heavy atom. The first kappa shape index (κ1) is 17.6. The fourth-order valence-corrected chi connectivity index (χ4v) is 4.03. The van der Waals surface area contributed by atoms with Crippen molar-refractivity contribution in [2.45, 2.75) is 32.2 Å². The smallest absolute Gasteiger partial charge is 0.345 e. The zero-order valence-electron chi connectivity index (χ0n) is 16.0. The van der Waals surface area contributed by atoms with E-state index < -0.39 is 6.03 Å². The van der Waals surface area contributed by atoms with Crippen LogP contribution in [0.15, 0.2) is 47.8 Å². The second kappa shape index (κ2) is 7.50. The number of ether oxygens (including phenoxy) is 1. The average Bonchev–Trinajstić information content (AvgIpc) is 3.40. The second-order valence-corrected chi connectivity index (χ2v) is 7.23. The van der Waals surface area contributed by atoms with E-state index in [9.17, 15) is 4.79 Å². The number of pyridine rings is 1. The number of benzene rings is 1. The second-order valence-electron chi connectivity index (χ2n) is 7.23. The number of aliphatic imine (C=N–C) groups is 1. The van der Waals surface area contributed by atoms with Crippen LogP contribution in [0, 0.1) is 0 Å². The number of fused-ring (bicyclic) bond motifs is 2. The lowest BCUT2D eigenvalue weighted by Gasteiger charge is -2.15. The number of carbonyl (C=O) groups excluding carboxylic acids is 1. The average molecular weight is 387 g/mol. The van der Waals surface area contributed by atoms with E-state index in [0.717, 1.165) is 49.0 Å². The van der Waals surface area contributed by atoms with Crippen LogP contribution in [-0.4, -0.2) is 33.6 Å². The molecule has 0 unspecified atom stereocenters. The molecule has 0 bridgehead atoms. The number of hydrogen-bond donors (Lipinski definition) is 1. The van der Waals surface area contributed by atoms with E-state index in [1.54, 1.807) is 23.3 Å². The molecule has 29 heavy (non-hydrogen) atoms. The van der Waals surface area contributed by atoms with Crippen LogP contribution in [0.5, 0.6) is 5.88 Å². The Morgan fingerprint density at radius 3 is 2.97 bits per heavy atom. The summed E-state index contributed by atoms with van der Waals surface area (Å²) in [4.78, 5) is 20.9. The van der Waals surface area contributed by atoms with E-state index in [-0.39, 0.29) is 0 Å². The number of hydrogen-bond acceptors (Lipinski definition) is 4. The molecule has 7 nitrogen and oxygen atoms in total. The van der Waals surface area contributed by atoms with Crippen molar-refractivity contribution in [2.24, 2.45) is 4.99 Å². The van der Waals surface area contributed by atoms with Crippen molar-refractivity contribution < 1.29 is 9.53 Å². The number of carbonyl (C=O) groups is 1. The molecular weight excluding hydrogens is 366 g/mol. The Labute approximate surface area is 168 Å². The van der Waals surface area contributed by atoms with Crippen molar-refractivity contribution in [3.63, 3.8) is 0 Å². The molecule has 0 spiro atoms. The zero-order valence-corrected chi connectivity index (χ0v) is 16.0. The standard InChI is InChI=1S/C22H21N5O2/c28-22(24-13-17-14-25-27-11-2-12-29-21(17)27)26-20-18-4-1-3-15(18)5-6-19(20)16-7-9-23-10-8-16/h5-10,13-14H,1-4,11-12H2,(H,26,28). The highest BCUT2D eigenvalue weighted by molar-refractivity contribution is 6.01. The van der Waals surface area contributed by atoms with Gasteiger partial charge in [0, 0.05) is 37.1 Å².